The molecule has 2 aliphatic rings. The van der Waals surface area contributed by atoms with Crippen molar-refractivity contribution in [3.63, 3.8) is 0 Å². The summed E-state index contributed by atoms with van der Waals surface area (Å²) in [5.74, 6) is 0.285. The molecule has 0 N–H and O–H groups in total. The summed E-state index contributed by atoms with van der Waals surface area (Å²) in [7, 11) is 0. The predicted octanol–water partition coefficient (Wildman–Crippen LogP) is 1.52. The number of carbonyl (C=O) groups excluding carboxylic acids is 1. The molecule has 1 atom stereocenters. The summed E-state index contributed by atoms with van der Waals surface area (Å²) >= 11 is 1.39. The Morgan fingerprint density at radius 1 is 1.47 bits per heavy atom. The molecule has 1 aromatic heterocycles. The maximum absolute atomic E-state index is 11.8. The highest BCUT2D eigenvalue weighted by molar-refractivity contribution is 7.10. The zero-order chi connectivity index (χ0) is 13.4. The van der Waals surface area contributed by atoms with Crippen LogP contribution in [0.15, 0.2) is 0 Å². The number of hydrogen-bond acceptors (Lipinski definition) is 5. The van der Waals surface area contributed by atoms with Gasteiger partial charge in [-0.3, -0.25) is 4.79 Å². The van der Waals surface area contributed by atoms with Crippen LogP contribution < -0.4 is 4.90 Å². The summed E-state index contributed by atoms with van der Waals surface area (Å²) in [5.41, 5.74) is 1.50. The monoisotopic (exact) mass is 276 g/mol. The van der Waals surface area contributed by atoms with Crippen LogP contribution in [0.5, 0.6) is 0 Å². The van der Waals surface area contributed by atoms with Gasteiger partial charge in [0.15, 0.2) is 0 Å². The number of carbonyl (C=O) groups is 1. The van der Waals surface area contributed by atoms with Crippen molar-refractivity contribution in [2.45, 2.75) is 32.2 Å². The summed E-state index contributed by atoms with van der Waals surface area (Å²) in [5, 5.41) is 10.2. The van der Waals surface area contributed by atoms with Crippen LogP contribution in [0.2, 0.25) is 0 Å². The number of aryl methyl sites for hydroxylation is 1. The van der Waals surface area contributed by atoms with E-state index < -0.39 is 0 Å². The maximum atomic E-state index is 11.8. The Morgan fingerprint density at radius 3 is 3.00 bits per heavy atom. The Labute approximate surface area is 116 Å². The molecule has 5 nitrogen and oxygen atoms in total. The molecule has 0 spiro atoms. The molecule has 6 heteroatoms. The van der Waals surface area contributed by atoms with E-state index >= 15 is 0 Å². The van der Waals surface area contributed by atoms with Gasteiger partial charge >= 0.3 is 0 Å². The number of nitriles is 1. The second kappa shape index (κ2) is 4.82. The van der Waals surface area contributed by atoms with Crippen LogP contribution in [0.3, 0.4) is 0 Å². The third kappa shape index (κ3) is 2.08. The van der Waals surface area contributed by atoms with Crippen molar-refractivity contribution in [1.82, 2.24) is 9.27 Å². The smallest absolute Gasteiger partial charge is 0.222 e. The molecule has 1 amide bonds. The quantitative estimate of drug-likeness (QED) is 0.822. The molecule has 19 heavy (non-hydrogen) atoms. The summed E-state index contributed by atoms with van der Waals surface area (Å²) in [6, 6.07) is 2.55. The fourth-order valence-corrected chi connectivity index (χ4v) is 3.82. The molecular formula is C13H16N4OS. The van der Waals surface area contributed by atoms with Gasteiger partial charge in [0, 0.05) is 26.1 Å². The predicted molar refractivity (Wildman–Crippen MR) is 73.1 cm³/mol. The topological polar surface area (TPSA) is 60.2 Å². The first-order valence-electron chi connectivity index (χ1n) is 6.61. The Morgan fingerprint density at radius 2 is 2.32 bits per heavy atom. The van der Waals surface area contributed by atoms with Gasteiger partial charge in [0.05, 0.1) is 11.7 Å². The molecule has 2 aliphatic heterocycles. The molecular weight excluding hydrogens is 260 g/mol. The number of amides is 1. The first kappa shape index (κ1) is 12.4. The molecule has 2 saturated heterocycles. The molecule has 0 radical (unpaired) electrons. The van der Waals surface area contributed by atoms with E-state index in [1.165, 1.54) is 11.5 Å². The minimum atomic E-state index is 0.285. The molecule has 0 aliphatic carbocycles. The van der Waals surface area contributed by atoms with Crippen LogP contribution in [-0.2, 0) is 4.79 Å². The first-order chi connectivity index (χ1) is 9.20. The van der Waals surface area contributed by atoms with Crippen molar-refractivity contribution in [1.29, 1.82) is 5.26 Å². The zero-order valence-corrected chi connectivity index (χ0v) is 11.7. The summed E-state index contributed by atoms with van der Waals surface area (Å²) < 4.78 is 4.27. The molecule has 0 bridgehead atoms. The number of rotatable bonds is 2. The lowest BCUT2D eigenvalue weighted by molar-refractivity contribution is -0.129. The van der Waals surface area contributed by atoms with E-state index in [1.807, 2.05) is 11.8 Å². The third-order valence-corrected chi connectivity index (χ3v) is 4.96. The second-order valence-corrected chi connectivity index (χ2v) is 5.89. The Bertz CT molecular complexity index is 547. The molecule has 0 saturated carbocycles. The first-order valence-corrected chi connectivity index (χ1v) is 7.39. The molecule has 1 unspecified atom stereocenters. The Kier molecular flexibility index (Phi) is 3.15. The molecule has 3 rings (SSSR count). The lowest BCUT2D eigenvalue weighted by Crippen LogP contribution is -2.38. The molecule has 3 heterocycles. The minimum Gasteiger partial charge on any atom is -0.359 e. The van der Waals surface area contributed by atoms with Gasteiger partial charge in [-0.15, -0.1) is 0 Å². The van der Waals surface area contributed by atoms with Gasteiger partial charge in [-0.05, 0) is 31.3 Å². The SMILES string of the molecule is Cc1nsc(N2CCC(N3CCCC3=O)C2)c1C#N. The van der Waals surface area contributed by atoms with Gasteiger partial charge in [-0.25, -0.2) is 0 Å². The van der Waals surface area contributed by atoms with Crippen LogP contribution in [0.4, 0.5) is 5.00 Å². The van der Waals surface area contributed by atoms with Gasteiger partial charge in [0.25, 0.3) is 0 Å². The van der Waals surface area contributed by atoms with Crippen LogP contribution in [0.25, 0.3) is 0 Å². The van der Waals surface area contributed by atoms with E-state index in [2.05, 4.69) is 15.3 Å². The van der Waals surface area contributed by atoms with E-state index in [9.17, 15) is 10.1 Å². The van der Waals surface area contributed by atoms with E-state index in [4.69, 9.17) is 0 Å². The number of aromatic nitrogens is 1. The van der Waals surface area contributed by atoms with Crippen molar-refractivity contribution in [2.75, 3.05) is 24.5 Å². The van der Waals surface area contributed by atoms with Crippen molar-refractivity contribution >= 4 is 22.4 Å². The van der Waals surface area contributed by atoms with E-state index in [-0.39, 0.29) is 5.91 Å². The number of hydrogen-bond donors (Lipinski definition) is 0. The van der Waals surface area contributed by atoms with Gasteiger partial charge in [0.2, 0.25) is 5.91 Å². The van der Waals surface area contributed by atoms with Crippen molar-refractivity contribution in [2.24, 2.45) is 0 Å². The Hall–Kier alpha value is -1.61. The fourth-order valence-electron chi connectivity index (χ4n) is 2.94. The van der Waals surface area contributed by atoms with Crippen molar-refractivity contribution in [3.8, 4) is 6.07 Å². The normalized spacial score (nSPS) is 23.2. The molecule has 0 aromatic carbocycles. The largest absolute Gasteiger partial charge is 0.359 e. The van der Waals surface area contributed by atoms with E-state index in [1.54, 1.807) is 0 Å². The average molecular weight is 276 g/mol. The minimum absolute atomic E-state index is 0.285. The highest BCUT2D eigenvalue weighted by Crippen LogP contribution is 2.32. The average Bonchev–Trinajstić information content (AvgIpc) is 3.07. The summed E-state index contributed by atoms with van der Waals surface area (Å²) in [4.78, 5) is 16.0. The van der Waals surface area contributed by atoms with Gasteiger partial charge in [0.1, 0.15) is 16.6 Å². The highest BCUT2D eigenvalue weighted by atomic mass is 32.1. The number of anilines is 1. The van der Waals surface area contributed by atoms with Crippen LogP contribution in [-0.4, -0.2) is 40.9 Å². The van der Waals surface area contributed by atoms with Crippen molar-refractivity contribution in [3.05, 3.63) is 11.3 Å². The summed E-state index contributed by atoms with van der Waals surface area (Å²) in [6.45, 7) is 4.51. The van der Waals surface area contributed by atoms with Crippen LogP contribution >= 0.6 is 11.5 Å². The highest BCUT2D eigenvalue weighted by Gasteiger charge is 2.34. The zero-order valence-electron chi connectivity index (χ0n) is 10.9. The second-order valence-electron chi connectivity index (χ2n) is 5.14. The van der Waals surface area contributed by atoms with Gasteiger partial charge < -0.3 is 9.80 Å². The van der Waals surface area contributed by atoms with E-state index in [0.717, 1.165) is 43.2 Å². The summed E-state index contributed by atoms with van der Waals surface area (Å²) in [6.07, 6.45) is 2.67. The van der Waals surface area contributed by atoms with Crippen LogP contribution in [0.1, 0.15) is 30.5 Å². The standard InChI is InChI=1S/C13H16N4OS/c1-9-11(7-14)13(19-15-9)16-6-4-10(8-16)17-5-2-3-12(17)18/h10H,2-6,8H2,1H3. The molecule has 2 fully saturated rings. The molecule has 100 valence electrons. The van der Waals surface area contributed by atoms with Crippen LogP contribution in [0, 0.1) is 18.3 Å². The lowest BCUT2D eigenvalue weighted by Gasteiger charge is -2.24. The number of nitrogens with zero attached hydrogens (tertiary/aromatic N) is 4. The van der Waals surface area contributed by atoms with Gasteiger partial charge in [-0.2, -0.15) is 9.64 Å². The van der Waals surface area contributed by atoms with E-state index in [0.29, 0.717) is 18.0 Å². The Balaban J connectivity index is 1.75. The lowest BCUT2D eigenvalue weighted by atomic mass is 10.2. The van der Waals surface area contributed by atoms with Gasteiger partial charge in [-0.1, -0.05) is 0 Å². The third-order valence-electron chi connectivity index (χ3n) is 3.96. The molecule has 1 aromatic rings. The van der Waals surface area contributed by atoms with Crippen molar-refractivity contribution < 1.29 is 4.79 Å². The maximum Gasteiger partial charge on any atom is 0.222 e. The number of likely N-dealkylation sites (tertiary alicyclic amines) is 1. The fraction of sp³-hybridized carbons (Fsp3) is 0.615.